The molecular formula is C19H31N5O. The first-order valence-corrected chi connectivity index (χ1v) is 9.48. The maximum absolute atomic E-state index is 13.1. The topological polar surface area (TPSA) is 61.4 Å². The van der Waals surface area contributed by atoms with Crippen LogP contribution in [0.4, 0.5) is 5.82 Å². The number of likely N-dealkylation sites (tertiary alicyclic amines) is 1. The Kier molecular flexibility index (Phi) is 5.57. The Morgan fingerprint density at radius 1 is 1.36 bits per heavy atom. The van der Waals surface area contributed by atoms with Gasteiger partial charge in [-0.05, 0) is 51.8 Å². The fourth-order valence-corrected chi connectivity index (χ4v) is 3.45. The second-order valence-electron chi connectivity index (χ2n) is 8.09. The van der Waals surface area contributed by atoms with Crippen molar-refractivity contribution in [2.24, 2.45) is 5.92 Å². The fraction of sp³-hybridized carbons (Fsp3) is 0.737. The van der Waals surface area contributed by atoms with Gasteiger partial charge in [-0.2, -0.15) is 0 Å². The number of carbonyl (C=O) groups excluding carboxylic acids is 1. The zero-order valence-corrected chi connectivity index (χ0v) is 15.9. The van der Waals surface area contributed by atoms with Crippen LogP contribution in [0.5, 0.6) is 0 Å². The Morgan fingerprint density at radius 3 is 2.72 bits per heavy atom. The molecule has 2 aliphatic rings. The van der Waals surface area contributed by atoms with E-state index in [4.69, 9.17) is 0 Å². The quantitative estimate of drug-likeness (QED) is 0.822. The van der Waals surface area contributed by atoms with Gasteiger partial charge in [0.1, 0.15) is 17.7 Å². The highest BCUT2D eigenvalue weighted by atomic mass is 16.2. The van der Waals surface area contributed by atoms with Gasteiger partial charge < -0.3 is 15.1 Å². The van der Waals surface area contributed by atoms with E-state index in [1.807, 2.05) is 11.0 Å². The number of hydrogen-bond donors (Lipinski definition) is 1. The van der Waals surface area contributed by atoms with Crippen molar-refractivity contribution < 1.29 is 4.79 Å². The maximum atomic E-state index is 13.1. The molecule has 1 aliphatic carbocycles. The van der Waals surface area contributed by atoms with Gasteiger partial charge in [0, 0.05) is 31.2 Å². The van der Waals surface area contributed by atoms with Crippen LogP contribution in [0.3, 0.4) is 0 Å². The Labute approximate surface area is 151 Å². The second kappa shape index (κ2) is 7.68. The van der Waals surface area contributed by atoms with Gasteiger partial charge in [0.2, 0.25) is 5.91 Å². The monoisotopic (exact) mass is 345 g/mol. The van der Waals surface area contributed by atoms with Crippen molar-refractivity contribution in [2.45, 2.75) is 57.5 Å². The third kappa shape index (κ3) is 4.69. The van der Waals surface area contributed by atoms with Gasteiger partial charge in [-0.3, -0.25) is 4.79 Å². The summed E-state index contributed by atoms with van der Waals surface area (Å²) in [5, 5.41) is 3.40. The molecule has 2 heterocycles. The van der Waals surface area contributed by atoms with E-state index in [2.05, 4.69) is 48.1 Å². The van der Waals surface area contributed by atoms with Crippen LogP contribution in [0, 0.1) is 5.92 Å². The van der Waals surface area contributed by atoms with Gasteiger partial charge in [0.05, 0.1) is 0 Å². The molecule has 25 heavy (non-hydrogen) atoms. The van der Waals surface area contributed by atoms with Crippen molar-refractivity contribution in [1.82, 2.24) is 19.8 Å². The number of nitrogens with zero attached hydrogens (tertiary/aromatic N) is 4. The van der Waals surface area contributed by atoms with Crippen LogP contribution in [0.25, 0.3) is 0 Å². The molecule has 2 fully saturated rings. The lowest BCUT2D eigenvalue weighted by Crippen LogP contribution is -2.44. The number of nitrogens with one attached hydrogen (secondary N) is 1. The molecule has 6 nitrogen and oxygen atoms in total. The summed E-state index contributed by atoms with van der Waals surface area (Å²) < 4.78 is 0. The van der Waals surface area contributed by atoms with Crippen molar-refractivity contribution in [1.29, 1.82) is 0 Å². The summed E-state index contributed by atoms with van der Waals surface area (Å²) in [4.78, 5) is 26.3. The third-order valence-corrected chi connectivity index (χ3v) is 5.15. The number of rotatable bonds is 7. The van der Waals surface area contributed by atoms with Crippen LogP contribution in [0.15, 0.2) is 12.3 Å². The average Bonchev–Trinajstić information content (AvgIpc) is 3.30. The van der Waals surface area contributed by atoms with Crippen molar-refractivity contribution in [3.05, 3.63) is 18.1 Å². The molecule has 1 saturated carbocycles. The fourth-order valence-electron chi connectivity index (χ4n) is 3.45. The van der Waals surface area contributed by atoms with Gasteiger partial charge in [-0.15, -0.1) is 0 Å². The zero-order valence-electron chi connectivity index (χ0n) is 15.9. The van der Waals surface area contributed by atoms with Gasteiger partial charge in [-0.1, -0.05) is 13.8 Å². The summed E-state index contributed by atoms with van der Waals surface area (Å²) in [6, 6.07) is 2.12. The normalized spacial score (nSPS) is 21.8. The Morgan fingerprint density at radius 2 is 2.12 bits per heavy atom. The van der Waals surface area contributed by atoms with E-state index in [1.54, 1.807) is 6.20 Å². The van der Waals surface area contributed by atoms with E-state index < -0.39 is 0 Å². The Hall–Kier alpha value is -1.69. The average molecular weight is 345 g/mol. The predicted octanol–water partition coefficient (Wildman–Crippen LogP) is 2.34. The molecule has 1 N–H and O–H groups in total. The first-order valence-electron chi connectivity index (χ1n) is 9.48. The van der Waals surface area contributed by atoms with Crippen LogP contribution in [-0.4, -0.2) is 64.9 Å². The molecule has 1 aromatic heterocycles. The molecule has 0 aromatic carbocycles. The van der Waals surface area contributed by atoms with E-state index >= 15 is 0 Å². The molecule has 6 heteroatoms. The van der Waals surface area contributed by atoms with Crippen molar-refractivity contribution in [3.8, 4) is 0 Å². The van der Waals surface area contributed by atoms with Gasteiger partial charge in [0.15, 0.2) is 0 Å². The van der Waals surface area contributed by atoms with Gasteiger partial charge in [0.25, 0.3) is 0 Å². The molecule has 1 aromatic rings. The number of likely N-dealkylation sites (N-methyl/N-ethyl adjacent to an activating group) is 1. The van der Waals surface area contributed by atoms with E-state index in [0.29, 0.717) is 17.9 Å². The largest absolute Gasteiger partial charge is 0.358 e. The highest BCUT2D eigenvalue weighted by Gasteiger charge is 2.32. The molecule has 1 amide bonds. The molecule has 0 radical (unpaired) electrons. The summed E-state index contributed by atoms with van der Waals surface area (Å²) in [6.07, 6.45) is 6.02. The van der Waals surface area contributed by atoms with Crippen molar-refractivity contribution >= 4 is 11.7 Å². The summed E-state index contributed by atoms with van der Waals surface area (Å²) in [5.74, 6) is 2.84. The molecular weight excluding hydrogens is 314 g/mol. The lowest BCUT2D eigenvalue weighted by molar-refractivity contribution is -0.131. The van der Waals surface area contributed by atoms with Gasteiger partial charge >= 0.3 is 0 Å². The van der Waals surface area contributed by atoms with Crippen LogP contribution in [0.1, 0.15) is 51.3 Å². The maximum Gasteiger partial charge on any atom is 0.245 e. The van der Waals surface area contributed by atoms with Crippen LogP contribution >= 0.6 is 0 Å². The molecule has 0 bridgehead atoms. The minimum atomic E-state index is -0.220. The Balaban J connectivity index is 1.68. The first-order chi connectivity index (χ1) is 11.9. The second-order valence-corrected chi connectivity index (χ2v) is 8.09. The minimum absolute atomic E-state index is 0.199. The smallest absolute Gasteiger partial charge is 0.245 e. The minimum Gasteiger partial charge on any atom is -0.358 e. The van der Waals surface area contributed by atoms with Crippen LogP contribution in [-0.2, 0) is 4.79 Å². The lowest BCUT2D eigenvalue weighted by Gasteiger charge is -2.27. The van der Waals surface area contributed by atoms with Crippen molar-refractivity contribution in [2.75, 3.05) is 32.5 Å². The van der Waals surface area contributed by atoms with E-state index in [0.717, 1.165) is 37.6 Å². The number of aromatic nitrogens is 2. The highest BCUT2D eigenvalue weighted by molar-refractivity contribution is 5.84. The lowest BCUT2D eigenvalue weighted by atomic mass is 10.0. The molecule has 2 atom stereocenters. The number of hydrogen-bond acceptors (Lipinski definition) is 5. The molecule has 138 valence electrons. The predicted molar refractivity (Wildman–Crippen MR) is 99.5 cm³/mol. The molecule has 1 saturated heterocycles. The van der Waals surface area contributed by atoms with E-state index in [9.17, 15) is 4.79 Å². The van der Waals surface area contributed by atoms with E-state index in [1.165, 1.54) is 12.8 Å². The summed E-state index contributed by atoms with van der Waals surface area (Å²) in [7, 11) is 4.17. The van der Waals surface area contributed by atoms with Crippen LogP contribution < -0.4 is 5.32 Å². The summed E-state index contributed by atoms with van der Waals surface area (Å²) in [5.41, 5.74) is 0. The molecule has 1 aliphatic heterocycles. The summed E-state index contributed by atoms with van der Waals surface area (Å²) in [6.45, 7) is 5.97. The number of carbonyl (C=O) groups is 1. The Bertz CT molecular complexity index is 599. The SMILES string of the molecule is CC(C)C[C@H](Nc1ccnc(C2CC2)n1)C(=O)N1CC[C@@H](N(C)C)C1. The number of amides is 1. The first kappa shape index (κ1) is 18.1. The van der Waals surface area contributed by atoms with Crippen molar-refractivity contribution in [3.63, 3.8) is 0 Å². The molecule has 0 spiro atoms. The van der Waals surface area contributed by atoms with E-state index in [-0.39, 0.29) is 11.9 Å². The standard InChI is InChI=1S/C19H31N5O/c1-13(2)11-16(19(25)24-10-8-15(12-24)23(3)4)21-17-7-9-20-18(22-17)14-5-6-14/h7,9,13-16H,5-6,8,10-12H2,1-4H3,(H,20,21,22)/t15-,16+/m1/s1. The molecule has 0 unspecified atom stereocenters. The third-order valence-electron chi connectivity index (χ3n) is 5.15. The van der Waals surface area contributed by atoms with Gasteiger partial charge in [-0.25, -0.2) is 9.97 Å². The summed E-state index contributed by atoms with van der Waals surface area (Å²) >= 11 is 0. The zero-order chi connectivity index (χ0) is 18.0. The highest BCUT2D eigenvalue weighted by Crippen LogP contribution is 2.38. The molecule has 3 rings (SSSR count). The van der Waals surface area contributed by atoms with Crippen LogP contribution in [0.2, 0.25) is 0 Å². The number of anilines is 1.